The van der Waals surface area contributed by atoms with Gasteiger partial charge in [-0.3, -0.25) is 13.8 Å². The zero-order chi connectivity index (χ0) is 15.1. The molecule has 5 nitrogen and oxygen atoms in total. The summed E-state index contributed by atoms with van der Waals surface area (Å²) < 4.78 is 16.4. The minimum Gasteiger partial charge on any atom is -0.279 e. The molecular weight excluding hydrogens is 303 g/mol. The Balaban J connectivity index is 1.76. The number of hydrogen-bond donors (Lipinski definition) is 0. The van der Waals surface area contributed by atoms with Crippen LogP contribution < -0.4 is 5.56 Å². The van der Waals surface area contributed by atoms with Crippen molar-refractivity contribution in [3.8, 4) is 5.69 Å². The van der Waals surface area contributed by atoms with E-state index in [1.165, 1.54) is 29.5 Å². The maximum absolute atomic E-state index is 13.3. The van der Waals surface area contributed by atoms with Gasteiger partial charge in [0.05, 0.1) is 5.69 Å². The molecule has 1 aliphatic carbocycles. The predicted octanol–water partition coefficient (Wildman–Crippen LogP) is 2.52. The lowest BCUT2D eigenvalue weighted by atomic mass is 10.3. The summed E-state index contributed by atoms with van der Waals surface area (Å²) in [6, 6.07) is 5.91. The molecule has 0 radical (unpaired) electrons. The Labute approximate surface area is 129 Å². The Morgan fingerprint density at radius 2 is 2.14 bits per heavy atom. The molecule has 0 saturated heterocycles. The number of hydrogen-bond acceptors (Lipinski definition) is 4. The first-order valence-corrected chi connectivity index (χ1v) is 8.06. The van der Waals surface area contributed by atoms with E-state index < -0.39 is 0 Å². The summed E-state index contributed by atoms with van der Waals surface area (Å²) in [4.78, 5) is 12.5. The molecule has 22 heavy (non-hydrogen) atoms. The molecule has 0 spiro atoms. The molecule has 0 unspecified atom stereocenters. The molecule has 4 rings (SSSR count). The summed E-state index contributed by atoms with van der Waals surface area (Å²) >= 11 is 1.62. The van der Waals surface area contributed by atoms with E-state index in [4.69, 9.17) is 0 Å². The van der Waals surface area contributed by atoms with E-state index in [2.05, 4.69) is 10.2 Å². The third-order valence-corrected chi connectivity index (χ3v) is 4.85. The van der Waals surface area contributed by atoms with Crippen LogP contribution in [0, 0.1) is 11.7 Å². The van der Waals surface area contributed by atoms with Crippen LogP contribution in [-0.2, 0) is 0 Å². The van der Waals surface area contributed by atoms with Gasteiger partial charge in [0.1, 0.15) is 5.82 Å². The number of halogens is 1. The Kier molecular flexibility index (Phi) is 3.22. The average Bonchev–Trinajstić information content (AvgIpc) is 3.25. The van der Waals surface area contributed by atoms with Crippen molar-refractivity contribution in [2.45, 2.75) is 18.0 Å². The van der Waals surface area contributed by atoms with Crippen molar-refractivity contribution in [1.82, 2.24) is 19.2 Å². The van der Waals surface area contributed by atoms with E-state index in [1.807, 2.05) is 0 Å². The van der Waals surface area contributed by atoms with Crippen LogP contribution in [0.15, 0.2) is 46.6 Å². The van der Waals surface area contributed by atoms with E-state index >= 15 is 0 Å². The highest BCUT2D eigenvalue weighted by Gasteiger charge is 2.22. The largest absolute Gasteiger partial charge is 0.300 e. The number of nitrogens with zero attached hydrogens (tertiary/aromatic N) is 4. The second-order valence-corrected chi connectivity index (χ2v) is 6.37. The fourth-order valence-electron chi connectivity index (χ4n) is 2.27. The fourth-order valence-corrected chi connectivity index (χ4v) is 3.37. The molecule has 1 aliphatic rings. The minimum atomic E-state index is -0.383. The van der Waals surface area contributed by atoms with Gasteiger partial charge in [-0.1, -0.05) is 17.8 Å². The van der Waals surface area contributed by atoms with E-state index in [-0.39, 0.29) is 17.0 Å². The molecule has 1 saturated carbocycles. The van der Waals surface area contributed by atoms with E-state index in [0.29, 0.717) is 5.69 Å². The zero-order valence-corrected chi connectivity index (χ0v) is 12.5. The lowest BCUT2D eigenvalue weighted by Gasteiger charge is -2.06. The summed E-state index contributed by atoms with van der Waals surface area (Å²) in [7, 11) is 0. The number of benzene rings is 1. The Bertz CT molecular complexity index is 900. The SMILES string of the molecule is O=c1c2nnc(SCC3CC3)n2ccn1-c1cccc(F)c1. The van der Waals surface area contributed by atoms with Crippen molar-refractivity contribution in [1.29, 1.82) is 0 Å². The predicted molar refractivity (Wildman–Crippen MR) is 82.0 cm³/mol. The van der Waals surface area contributed by atoms with E-state index in [0.717, 1.165) is 16.8 Å². The molecule has 3 aromatic rings. The average molecular weight is 316 g/mol. The van der Waals surface area contributed by atoms with Gasteiger partial charge in [-0.05, 0) is 37.0 Å². The molecule has 0 N–H and O–H groups in total. The first-order chi connectivity index (χ1) is 10.7. The lowest BCUT2D eigenvalue weighted by molar-refractivity contribution is 0.626. The number of aromatic nitrogens is 4. The van der Waals surface area contributed by atoms with Gasteiger partial charge in [0.15, 0.2) is 5.16 Å². The monoisotopic (exact) mass is 316 g/mol. The minimum absolute atomic E-state index is 0.255. The Hall–Kier alpha value is -2.15. The van der Waals surface area contributed by atoms with E-state index in [1.54, 1.807) is 40.7 Å². The maximum atomic E-state index is 13.3. The van der Waals surface area contributed by atoms with Crippen LogP contribution in [0.25, 0.3) is 11.3 Å². The summed E-state index contributed by atoms with van der Waals surface area (Å²) in [6.07, 6.45) is 5.91. The molecule has 0 bridgehead atoms. The van der Waals surface area contributed by atoms with Crippen molar-refractivity contribution in [3.63, 3.8) is 0 Å². The first-order valence-electron chi connectivity index (χ1n) is 7.07. The summed E-state index contributed by atoms with van der Waals surface area (Å²) in [6.45, 7) is 0. The van der Waals surface area contributed by atoms with Crippen molar-refractivity contribution in [2.24, 2.45) is 5.92 Å². The molecule has 2 heterocycles. The summed E-state index contributed by atoms with van der Waals surface area (Å²) in [5.41, 5.74) is 0.423. The van der Waals surface area contributed by atoms with Gasteiger partial charge in [-0.25, -0.2) is 4.39 Å². The van der Waals surface area contributed by atoms with Crippen molar-refractivity contribution < 1.29 is 4.39 Å². The van der Waals surface area contributed by atoms with E-state index in [9.17, 15) is 9.18 Å². The Morgan fingerprint density at radius 1 is 1.27 bits per heavy atom. The molecule has 0 amide bonds. The first kappa shape index (κ1) is 13.5. The molecule has 0 aliphatic heterocycles. The van der Waals surface area contributed by atoms with Gasteiger partial charge in [0.2, 0.25) is 5.65 Å². The quantitative estimate of drug-likeness (QED) is 0.694. The molecular formula is C15H13FN4OS. The second-order valence-electron chi connectivity index (χ2n) is 5.38. The number of fused-ring (bicyclic) bond motifs is 1. The van der Waals surface area contributed by atoms with Crippen LogP contribution in [0.1, 0.15) is 12.8 Å². The molecule has 112 valence electrons. The molecule has 1 aromatic carbocycles. The fraction of sp³-hybridized carbons (Fsp3) is 0.267. The number of rotatable bonds is 4. The smallest absolute Gasteiger partial charge is 0.279 e. The molecule has 7 heteroatoms. The van der Waals surface area contributed by atoms with Crippen molar-refractivity contribution >= 4 is 17.4 Å². The molecule has 0 atom stereocenters. The highest BCUT2D eigenvalue weighted by atomic mass is 32.2. The van der Waals surface area contributed by atoms with Crippen LogP contribution >= 0.6 is 11.8 Å². The van der Waals surface area contributed by atoms with Crippen LogP contribution in [-0.4, -0.2) is 24.9 Å². The molecule has 1 fully saturated rings. The van der Waals surface area contributed by atoms with Crippen LogP contribution in [0.5, 0.6) is 0 Å². The van der Waals surface area contributed by atoms with Gasteiger partial charge >= 0.3 is 5.56 Å². The van der Waals surface area contributed by atoms with Gasteiger partial charge in [-0.15, -0.1) is 10.2 Å². The maximum Gasteiger partial charge on any atom is 0.300 e. The van der Waals surface area contributed by atoms with Crippen LogP contribution in [0.3, 0.4) is 0 Å². The second kappa shape index (κ2) is 5.24. The third-order valence-electron chi connectivity index (χ3n) is 3.67. The van der Waals surface area contributed by atoms with Crippen LogP contribution in [0.2, 0.25) is 0 Å². The van der Waals surface area contributed by atoms with Gasteiger partial charge in [0.25, 0.3) is 0 Å². The summed E-state index contributed by atoms with van der Waals surface area (Å²) in [5.74, 6) is 1.39. The van der Waals surface area contributed by atoms with Gasteiger partial charge in [0, 0.05) is 18.1 Å². The van der Waals surface area contributed by atoms with Gasteiger partial charge < -0.3 is 0 Å². The molecule has 2 aromatic heterocycles. The lowest BCUT2D eigenvalue weighted by Crippen LogP contribution is -2.20. The number of thioether (sulfide) groups is 1. The topological polar surface area (TPSA) is 52.2 Å². The highest BCUT2D eigenvalue weighted by Crippen LogP contribution is 2.34. The highest BCUT2D eigenvalue weighted by molar-refractivity contribution is 7.99. The van der Waals surface area contributed by atoms with Gasteiger partial charge in [-0.2, -0.15) is 0 Å². The summed E-state index contributed by atoms with van der Waals surface area (Å²) in [5, 5.41) is 8.81. The zero-order valence-electron chi connectivity index (χ0n) is 11.6. The van der Waals surface area contributed by atoms with Crippen molar-refractivity contribution in [2.75, 3.05) is 5.75 Å². The normalized spacial score (nSPS) is 14.6. The third kappa shape index (κ3) is 2.41. The standard InChI is InChI=1S/C15H13FN4OS/c16-11-2-1-3-12(8-11)19-6-7-20-13(14(19)21)17-18-15(20)22-9-10-4-5-10/h1-3,6-8,10H,4-5,9H2. The van der Waals surface area contributed by atoms with Crippen LogP contribution in [0.4, 0.5) is 4.39 Å². The Morgan fingerprint density at radius 3 is 2.91 bits per heavy atom. The van der Waals surface area contributed by atoms with Crippen molar-refractivity contribution in [3.05, 3.63) is 52.8 Å².